The maximum absolute atomic E-state index is 13.0. The number of hydrogen-bond acceptors (Lipinski definition) is 5. The molecule has 0 bridgehead atoms. The molecule has 0 saturated carbocycles. The predicted octanol–water partition coefficient (Wildman–Crippen LogP) is 19.2. The van der Waals surface area contributed by atoms with E-state index in [-0.39, 0.29) is 19.1 Å². The highest BCUT2D eigenvalue weighted by molar-refractivity contribution is 7.47. The highest BCUT2D eigenvalue weighted by atomic mass is 31.2. The van der Waals surface area contributed by atoms with Crippen LogP contribution in [0.25, 0.3) is 0 Å². The van der Waals surface area contributed by atoms with Crippen LogP contribution in [0.4, 0.5) is 0 Å². The summed E-state index contributed by atoms with van der Waals surface area (Å²) in [7, 11) is 1.59. The summed E-state index contributed by atoms with van der Waals surface area (Å²) in [5, 5.41) is 14.0. The average Bonchev–Trinajstić information content (AvgIpc) is 3.33. The number of carbonyl (C=O) groups is 1. The number of carbonyl (C=O) groups excluding carboxylic acids is 1. The van der Waals surface area contributed by atoms with E-state index < -0.39 is 20.0 Å². The number of phosphoric acid groups is 1. The van der Waals surface area contributed by atoms with Crippen molar-refractivity contribution in [2.75, 3.05) is 40.9 Å². The lowest BCUT2D eigenvalue weighted by Gasteiger charge is -2.25. The molecule has 0 spiro atoms. The Morgan fingerprint density at radius 1 is 0.465 bits per heavy atom. The number of phosphoric ester groups is 1. The van der Waals surface area contributed by atoms with Crippen LogP contribution in [0.3, 0.4) is 0 Å². The first-order valence-corrected chi connectivity index (χ1v) is 32.7. The summed E-state index contributed by atoms with van der Waals surface area (Å²) in [6.45, 7) is 4.86. The zero-order chi connectivity index (χ0) is 52.0. The number of unbranched alkanes of at least 4 members (excludes halogenated alkanes) is 43. The van der Waals surface area contributed by atoms with Gasteiger partial charge in [0.25, 0.3) is 0 Å². The topological polar surface area (TPSA) is 105 Å². The van der Waals surface area contributed by atoms with E-state index in [9.17, 15) is 19.4 Å². The van der Waals surface area contributed by atoms with E-state index in [1.54, 1.807) is 6.08 Å². The number of likely N-dealkylation sites (N-methyl/N-ethyl adjacent to an activating group) is 1. The van der Waals surface area contributed by atoms with E-state index >= 15 is 0 Å². The molecule has 8 nitrogen and oxygen atoms in total. The van der Waals surface area contributed by atoms with Gasteiger partial charge in [0.1, 0.15) is 13.2 Å². The molecule has 1 amide bonds. The number of hydrogen-bond donors (Lipinski definition) is 3. The minimum absolute atomic E-state index is 0.0642. The van der Waals surface area contributed by atoms with Gasteiger partial charge in [0.15, 0.2) is 0 Å². The molecule has 3 unspecified atom stereocenters. The van der Waals surface area contributed by atoms with Gasteiger partial charge in [0, 0.05) is 6.42 Å². The van der Waals surface area contributed by atoms with Crippen molar-refractivity contribution in [3.05, 3.63) is 24.3 Å². The summed E-state index contributed by atoms with van der Waals surface area (Å²) in [6.07, 6.45) is 68.7. The number of rotatable bonds is 58. The summed E-state index contributed by atoms with van der Waals surface area (Å²) < 4.78 is 23.7. The molecule has 0 aromatic rings. The Bertz CT molecular complexity index is 1210. The minimum atomic E-state index is -4.34. The molecule has 3 N–H and O–H groups in total. The van der Waals surface area contributed by atoms with Crippen LogP contribution >= 0.6 is 7.82 Å². The Labute approximate surface area is 443 Å². The molecule has 0 aromatic carbocycles. The van der Waals surface area contributed by atoms with E-state index in [2.05, 4.69) is 31.3 Å². The van der Waals surface area contributed by atoms with Crippen LogP contribution in [0.15, 0.2) is 24.3 Å². The molecule has 0 aliphatic heterocycles. The van der Waals surface area contributed by atoms with Crippen molar-refractivity contribution in [3.8, 4) is 0 Å². The van der Waals surface area contributed by atoms with Crippen molar-refractivity contribution in [3.63, 3.8) is 0 Å². The maximum Gasteiger partial charge on any atom is 0.472 e. The van der Waals surface area contributed by atoms with Gasteiger partial charge < -0.3 is 19.8 Å². The number of quaternary nitrogens is 1. The Morgan fingerprint density at radius 2 is 0.761 bits per heavy atom. The fraction of sp³-hybridized carbons (Fsp3) is 0.919. The first-order valence-electron chi connectivity index (χ1n) is 31.2. The van der Waals surface area contributed by atoms with E-state index in [1.165, 1.54) is 263 Å². The van der Waals surface area contributed by atoms with Crippen molar-refractivity contribution >= 4 is 13.7 Å². The lowest BCUT2D eigenvalue weighted by Crippen LogP contribution is -2.45. The van der Waals surface area contributed by atoms with Gasteiger partial charge in [0.2, 0.25) is 5.91 Å². The maximum atomic E-state index is 13.0. The third-order valence-electron chi connectivity index (χ3n) is 14.4. The zero-order valence-electron chi connectivity index (χ0n) is 48.2. The van der Waals surface area contributed by atoms with Crippen LogP contribution in [-0.2, 0) is 18.4 Å². The second kappa shape index (κ2) is 53.8. The molecule has 0 aliphatic carbocycles. The molecule has 0 radical (unpaired) electrons. The second-order valence-corrected chi connectivity index (χ2v) is 24.2. The standard InChI is InChI=1S/C62H123N2O6P/c1-6-8-10-12-14-16-18-20-22-24-26-27-28-29-30-31-32-33-34-35-36-37-38-40-42-44-46-48-50-52-54-56-62(66)63-60(59-70-71(67,68)69-58-57-64(3,4)5)61(65)55-53-51-49-47-45-43-41-39-25-23-21-19-17-15-13-11-9-7-2/h24,26,53,55,60-61,65H,6-23,25,27-52,54,56-59H2,1-5H3,(H-,63,66,67,68)/p+1/b26-24-,55-53+. The first kappa shape index (κ1) is 70.0. The van der Waals surface area contributed by atoms with Gasteiger partial charge in [-0.1, -0.05) is 289 Å². The summed E-state index contributed by atoms with van der Waals surface area (Å²) in [6, 6.07) is -0.844. The second-order valence-electron chi connectivity index (χ2n) is 22.8. The fourth-order valence-electron chi connectivity index (χ4n) is 9.51. The molecule has 0 fully saturated rings. The highest BCUT2D eigenvalue weighted by Crippen LogP contribution is 2.43. The molecule has 422 valence electrons. The SMILES string of the molecule is CCCCCCCCCC/C=C\CCCCCCCCCCCCCCCCCCCCCC(=O)NC(COP(=O)(O)OCC[N+](C)(C)C)C(O)/C=C/CCCCCCCCCCCCCCCCCC. The summed E-state index contributed by atoms with van der Waals surface area (Å²) in [5.74, 6) is -0.170. The summed E-state index contributed by atoms with van der Waals surface area (Å²) >= 11 is 0. The molecular formula is C62H124N2O6P+. The molecule has 0 aromatic heterocycles. The number of aliphatic hydroxyl groups is 1. The predicted molar refractivity (Wildman–Crippen MR) is 309 cm³/mol. The van der Waals surface area contributed by atoms with Crippen molar-refractivity contribution in [1.29, 1.82) is 0 Å². The fourth-order valence-corrected chi connectivity index (χ4v) is 10.2. The molecule has 3 atom stereocenters. The van der Waals surface area contributed by atoms with Gasteiger partial charge in [-0.25, -0.2) is 4.57 Å². The quantitative estimate of drug-likeness (QED) is 0.0243. The minimum Gasteiger partial charge on any atom is -0.387 e. The highest BCUT2D eigenvalue weighted by Gasteiger charge is 2.27. The molecule has 71 heavy (non-hydrogen) atoms. The molecule has 9 heteroatoms. The average molecular weight is 1020 g/mol. The monoisotopic (exact) mass is 1020 g/mol. The van der Waals surface area contributed by atoms with Gasteiger partial charge in [-0.15, -0.1) is 0 Å². The van der Waals surface area contributed by atoms with Crippen molar-refractivity contribution < 1.29 is 32.9 Å². The lowest BCUT2D eigenvalue weighted by atomic mass is 10.0. The van der Waals surface area contributed by atoms with E-state index in [1.807, 2.05) is 27.2 Å². The molecule has 0 rings (SSSR count). The van der Waals surface area contributed by atoms with Crippen LogP contribution in [0.5, 0.6) is 0 Å². The Balaban J connectivity index is 4.05. The van der Waals surface area contributed by atoms with E-state index in [4.69, 9.17) is 9.05 Å². The van der Waals surface area contributed by atoms with Crippen molar-refractivity contribution in [2.45, 2.75) is 328 Å². The van der Waals surface area contributed by atoms with Gasteiger partial charge in [-0.05, 0) is 44.9 Å². The van der Waals surface area contributed by atoms with Gasteiger partial charge in [-0.3, -0.25) is 13.8 Å². The first-order chi connectivity index (χ1) is 34.5. The summed E-state index contributed by atoms with van der Waals surface area (Å²) in [4.78, 5) is 23.3. The third kappa shape index (κ3) is 56.5. The lowest BCUT2D eigenvalue weighted by molar-refractivity contribution is -0.870. The Hall–Kier alpha value is -1.02. The number of aliphatic hydroxyl groups excluding tert-OH is 1. The van der Waals surface area contributed by atoms with Gasteiger partial charge in [0.05, 0.1) is 39.9 Å². The Kier molecular flexibility index (Phi) is 53.0. The normalized spacial score (nSPS) is 14.0. The van der Waals surface area contributed by atoms with E-state index in [0.29, 0.717) is 17.4 Å². The van der Waals surface area contributed by atoms with Crippen molar-refractivity contribution in [1.82, 2.24) is 5.32 Å². The largest absolute Gasteiger partial charge is 0.472 e. The van der Waals surface area contributed by atoms with Crippen LogP contribution in [0.1, 0.15) is 316 Å². The van der Waals surface area contributed by atoms with Crippen LogP contribution in [-0.4, -0.2) is 73.4 Å². The van der Waals surface area contributed by atoms with Crippen LogP contribution in [0.2, 0.25) is 0 Å². The van der Waals surface area contributed by atoms with Crippen LogP contribution < -0.4 is 5.32 Å². The number of nitrogens with one attached hydrogen (secondary N) is 1. The van der Waals surface area contributed by atoms with Gasteiger partial charge in [-0.2, -0.15) is 0 Å². The molecular weight excluding hydrogens is 900 g/mol. The number of amides is 1. The molecule has 0 aliphatic rings. The summed E-state index contributed by atoms with van der Waals surface area (Å²) in [5.41, 5.74) is 0. The van der Waals surface area contributed by atoms with E-state index in [0.717, 1.165) is 32.1 Å². The number of nitrogens with zero attached hydrogens (tertiary/aromatic N) is 1. The third-order valence-corrected chi connectivity index (χ3v) is 15.4. The molecule has 0 heterocycles. The Morgan fingerprint density at radius 3 is 1.08 bits per heavy atom. The van der Waals surface area contributed by atoms with Crippen LogP contribution in [0, 0.1) is 0 Å². The van der Waals surface area contributed by atoms with Gasteiger partial charge >= 0.3 is 7.82 Å². The molecule has 0 saturated heterocycles. The van der Waals surface area contributed by atoms with Crippen molar-refractivity contribution in [2.24, 2.45) is 0 Å². The number of allylic oxidation sites excluding steroid dienone is 3. The smallest absolute Gasteiger partial charge is 0.387 e. The zero-order valence-corrected chi connectivity index (χ0v) is 49.1.